The summed E-state index contributed by atoms with van der Waals surface area (Å²) in [5, 5.41) is 3.59. The van der Waals surface area contributed by atoms with E-state index < -0.39 is 0 Å². The fourth-order valence-corrected chi connectivity index (χ4v) is 3.35. The Bertz CT molecular complexity index is 279. The SMILES string of the molecule is Cc1scnc1CNC1CCCSC1. The van der Waals surface area contributed by atoms with Gasteiger partial charge in [-0.3, -0.25) is 0 Å². The van der Waals surface area contributed by atoms with Crippen LogP contribution >= 0.6 is 23.1 Å². The van der Waals surface area contributed by atoms with Gasteiger partial charge in [-0.05, 0) is 25.5 Å². The third-order valence-electron chi connectivity index (χ3n) is 2.56. The van der Waals surface area contributed by atoms with Crippen LogP contribution < -0.4 is 5.32 Å². The number of nitrogens with zero attached hydrogens (tertiary/aromatic N) is 1. The van der Waals surface area contributed by atoms with Gasteiger partial charge in [-0.2, -0.15) is 11.8 Å². The second-order valence-electron chi connectivity index (χ2n) is 3.65. The molecule has 1 saturated heterocycles. The van der Waals surface area contributed by atoms with Crippen LogP contribution in [0.25, 0.3) is 0 Å². The van der Waals surface area contributed by atoms with E-state index in [-0.39, 0.29) is 0 Å². The van der Waals surface area contributed by atoms with Crippen LogP contribution in [0.15, 0.2) is 5.51 Å². The summed E-state index contributed by atoms with van der Waals surface area (Å²) in [6.07, 6.45) is 2.69. The van der Waals surface area contributed by atoms with Crippen LogP contribution in [0.4, 0.5) is 0 Å². The van der Waals surface area contributed by atoms with E-state index >= 15 is 0 Å². The van der Waals surface area contributed by atoms with Crippen molar-refractivity contribution in [1.29, 1.82) is 0 Å². The number of hydrogen-bond donors (Lipinski definition) is 1. The Morgan fingerprint density at radius 3 is 3.21 bits per heavy atom. The molecule has 2 heterocycles. The Morgan fingerprint density at radius 1 is 1.64 bits per heavy atom. The highest BCUT2D eigenvalue weighted by molar-refractivity contribution is 7.99. The topological polar surface area (TPSA) is 24.9 Å². The number of hydrogen-bond acceptors (Lipinski definition) is 4. The highest BCUT2D eigenvalue weighted by atomic mass is 32.2. The molecular formula is C10H16N2S2. The van der Waals surface area contributed by atoms with Crippen molar-refractivity contribution in [3.05, 3.63) is 16.1 Å². The molecule has 1 aliphatic rings. The van der Waals surface area contributed by atoms with Crippen molar-refractivity contribution >= 4 is 23.1 Å². The van der Waals surface area contributed by atoms with Gasteiger partial charge in [0.05, 0.1) is 11.2 Å². The second kappa shape index (κ2) is 5.14. The first-order chi connectivity index (χ1) is 6.86. The van der Waals surface area contributed by atoms with Crippen molar-refractivity contribution in [2.75, 3.05) is 11.5 Å². The van der Waals surface area contributed by atoms with Crippen molar-refractivity contribution < 1.29 is 0 Å². The first kappa shape index (κ1) is 10.5. The number of rotatable bonds is 3. The maximum Gasteiger partial charge on any atom is 0.0798 e. The molecule has 1 aromatic rings. The molecule has 1 N–H and O–H groups in total. The minimum absolute atomic E-state index is 0.704. The fraction of sp³-hybridized carbons (Fsp3) is 0.700. The van der Waals surface area contributed by atoms with Crippen LogP contribution in [0.3, 0.4) is 0 Å². The molecule has 1 aromatic heterocycles. The molecule has 1 fully saturated rings. The lowest BCUT2D eigenvalue weighted by Gasteiger charge is -2.22. The average molecular weight is 228 g/mol. The Kier molecular flexibility index (Phi) is 3.84. The molecule has 0 bridgehead atoms. The van der Waals surface area contributed by atoms with Crippen molar-refractivity contribution in [2.45, 2.75) is 32.4 Å². The summed E-state index contributed by atoms with van der Waals surface area (Å²) >= 11 is 3.80. The zero-order chi connectivity index (χ0) is 9.80. The van der Waals surface area contributed by atoms with Gasteiger partial charge in [-0.1, -0.05) is 0 Å². The molecule has 0 aliphatic carbocycles. The molecule has 1 aliphatic heterocycles. The third kappa shape index (κ3) is 2.72. The Hall–Kier alpha value is -0.0600. The molecule has 2 nitrogen and oxygen atoms in total. The molecule has 1 atom stereocenters. The maximum absolute atomic E-state index is 4.35. The summed E-state index contributed by atoms with van der Waals surface area (Å²) < 4.78 is 0. The van der Waals surface area contributed by atoms with Crippen molar-refractivity contribution in [1.82, 2.24) is 10.3 Å². The predicted molar refractivity (Wildman–Crippen MR) is 64.0 cm³/mol. The van der Waals surface area contributed by atoms with Gasteiger partial charge in [0.15, 0.2) is 0 Å². The van der Waals surface area contributed by atoms with E-state index in [1.807, 2.05) is 5.51 Å². The zero-order valence-corrected chi connectivity index (χ0v) is 10.1. The van der Waals surface area contributed by atoms with E-state index in [9.17, 15) is 0 Å². The number of aromatic nitrogens is 1. The van der Waals surface area contributed by atoms with Crippen LogP contribution in [0, 0.1) is 6.92 Å². The first-order valence-electron chi connectivity index (χ1n) is 5.06. The number of aryl methyl sites for hydroxylation is 1. The van der Waals surface area contributed by atoms with Crippen LogP contribution in [0.2, 0.25) is 0 Å². The smallest absolute Gasteiger partial charge is 0.0798 e. The minimum atomic E-state index is 0.704. The summed E-state index contributed by atoms with van der Waals surface area (Å²) in [6.45, 7) is 3.09. The first-order valence-corrected chi connectivity index (χ1v) is 7.10. The van der Waals surface area contributed by atoms with Gasteiger partial charge >= 0.3 is 0 Å². The standard InChI is InChI=1S/C10H16N2S2/c1-8-10(12-7-14-8)5-11-9-3-2-4-13-6-9/h7,9,11H,2-6H2,1H3. The van der Waals surface area contributed by atoms with Crippen molar-refractivity contribution in [2.24, 2.45) is 0 Å². The van der Waals surface area contributed by atoms with Crippen molar-refractivity contribution in [3.8, 4) is 0 Å². The number of thioether (sulfide) groups is 1. The highest BCUT2D eigenvalue weighted by Crippen LogP contribution is 2.18. The zero-order valence-electron chi connectivity index (χ0n) is 8.45. The maximum atomic E-state index is 4.35. The fourth-order valence-electron chi connectivity index (χ4n) is 1.64. The van der Waals surface area contributed by atoms with Crippen LogP contribution in [0.5, 0.6) is 0 Å². The quantitative estimate of drug-likeness (QED) is 0.860. The molecule has 14 heavy (non-hydrogen) atoms. The van der Waals surface area contributed by atoms with E-state index in [1.54, 1.807) is 11.3 Å². The molecule has 0 saturated carbocycles. The van der Waals surface area contributed by atoms with Crippen LogP contribution in [-0.2, 0) is 6.54 Å². The number of nitrogens with one attached hydrogen (secondary N) is 1. The normalized spacial score (nSPS) is 22.5. The van der Waals surface area contributed by atoms with Gasteiger partial charge in [-0.15, -0.1) is 11.3 Å². The lowest BCUT2D eigenvalue weighted by atomic mass is 10.2. The highest BCUT2D eigenvalue weighted by Gasteiger charge is 2.13. The van der Waals surface area contributed by atoms with Gasteiger partial charge in [0, 0.05) is 23.2 Å². The monoisotopic (exact) mass is 228 g/mol. The Morgan fingerprint density at radius 2 is 2.57 bits per heavy atom. The minimum Gasteiger partial charge on any atom is -0.308 e. The largest absolute Gasteiger partial charge is 0.308 e. The summed E-state index contributed by atoms with van der Waals surface area (Å²) in [4.78, 5) is 5.70. The number of thiazole rings is 1. The molecule has 2 rings (SSSR count). The Balaban J connectivity index is 1.79. The molecule has 78 valence electrons. The summed E-state index contributed by atoms with van der Waals surface area (Å²) in [6, 6.07) is 0.704. The summed E-state index contributed by atoms with van der Waals surface area (Å²) in [5.41, 5.74) is 3.16. The summed E-state index contributed by atoms with van der Waals surface area (Å²) in [7, 11) is 0. The average Bonchev–Trinajstić information content (AvgIpc) is 2.63. The van der Waals surface area contributed by atoms with E-state index in [1.165, 1.54) is 34.9 Å². The molecule has 0 aromatic carbocycles. The van der Waals surface area contributed by atoms with E-state index in [2.05, 4.69) is 29.0 Å². The van der Waals surface area contributed by atoms with Crippen LogP contribution in [-0.4, -0.2) is 22.5 Å². The van der Waals surface area contributed by atoms with E-state index in [4.69, 9.17) is 0 Å². The van der Waals surface area contributed by atoms with Gasteiger partial charge in [0.25, 0.3) is 0 Å². The molecular weight excluding hydrogens is 212 g/mol. The van der Waals surface area contributed by atoms with Gasteiger partial charge in [-0.25, -0.2) is 4.98 Å². The third-order valence-corrected chi connectivity index (χ3v) is 4.58. The van der Waals surface area contributed by atoms with Gasteiger partial charge in [0.2, 0.25) is 0 Å². The lowest BCUT2D eigenvalue weighted by Crippen LogP contribution is -2.33. The van der Waals surface area contributed by atoms with Gasteiger partial charge < -0.3 is 5.32 Å². The molecule has 0 spiro atoms. The van der Waals surface area contributed by atoms with E-state index in [0.717, 1.165) is 6.54 Å². The molecule has 4 heteroatoms. The van der Waals surface area contributed by atoms with Gasteiger partial charge in [0.1, 0.15) is 0 Å². The van der Waals surface area contributed by atoms with Crippen LogP contribution in [0.1, 0.15) is 23.4 Å². The molecule has 0 radical (unpaired) electrons. The molecule has 1 unspecified atom stereocenters. The second-order valence-corrected chi connectivity index (χ2v) is 5.86. The predicted octanol–water partition coefficient (Wildman–Crippen LogP) is 2.44. The lowest BCUT2D eigenvalue weighted by molar-refractivity contribution is 0.504. The van der Waals surface area contributed by atoms with E-state index in [0.29, 0.717) is 6.04 Å². The molecule has 0 amide bonds. The van der Waals surface area contributed by atoms with Crippen molar-refractivity contribution in [3.63, 3.8) is 0 Å². The Labute approximate surface area is 93.5 Å². The summed E-state index contributed by atoms with van der Waals surface area (Å²) in [5.74, 6) is 2.61.